The van der Waals surface area contributed by atoms with Gasteiger partial charge in [0.15, 0.2) is 34.7 Å². The Kier molecular flexibility index (Phi) is 9.97. The number of aliphatic hydroxyl groups excluding tert-OH is 2. The Balaban J connectivity index is 1.32. The maximum atomic E-state index is 13.0. The number of ether oxygens (including phenoxy) is 5. The summed E-state index contributed by atoms with van der Waals surface area (Å²) >= 11 is 0. The smallest absolute Gasteiger partial charge is 0.244 e. The van der Waals surface area contributed by atoms with Gasteiger partial charge in [-0.15, -0.1) is 0 Å². The van der Waals surface area contributed by atoms with Gasteiger partial charge in [-0.05, 0) is 47.9 Å². The van der Waals surface area contributed by atoms with Crippen molar-refractivity contribution in [1.29, 1.82) is 0 Å². The molecule has 0 bridgehead atoms. The normalized spacial score (nSPS) is 19.5. The summed E-state index contributed by atoms with van der Waals surface area (Å²) in [5, 5.41) is 26.9. The van der Waals surface area contributed by atoms with Gasteiger partial charge in [-0.2, -0.15) is 0 Å². The van der Waals surface area contributed by atoms with Crippen LogP contribution in [0.2, 0.25) is 0 Å². The van der Waals surface area contributed by atoms with Crippen LogP contribution < -0.4 is 29.6 Å². The van der Waals surface area contributed by atoms with Gasteiger partial charge >= 0.3 is 0 Å². The second-order valence-electron chi connectivity index (χ2n) is 10.2. The second kappa shape index (κ2) is 14.2. The first-order valence-corrected chi connectivity index (χ1v) is 14.2. The van der Waals surface area contributed by atoms with Crippen molar-refractivity contribution >= 4 is 29.0 Å². The van der Waals surface area contributed by atoms with Crippen LogP contribution in [-0.2, 0) is 16.0 Å². The Hall–Kier alpha value is -4.92. The summed E-state index contributed by atoms with van der Waals surface area (Å²) in [6.45, 7) is 0.0952. The minimum atomic E-state index is -1.20. The Bertz CT molecular complexity index is 1640. The number of fused-ring (bicyclic) bond motifs is 1. The van der Waals surface area contributed by atoms with Gasteiger partial charge < -0.3 is 44.5 Å². The monoisotopic (exact) mass is 620 g/mol. The third-order valence-electron chi connectivity index (χ3n) is 7.45. The number of imidazole rings is 1. The standard InChI is InChI=1S/C31H36N6O8/c1-41-20-11-19(12-21(14-20)42-2)6-8-25(39)36-26-28(40)24(15-38)45-31(26)37-17-35-27-29(33-16-34-30(27)37)32-10-9-18-5-7-22(43-3)23(13-18)44-4/h5-8,11-14,16-17,24,26,28,31,38,40H,9-10,15H2,1-4H3,(H,36,39)(H,32,33,34)/b8-6+/t24-,26-,28-,31-/m1/s1. The van der Waals surface area contributed by atoms with Crippen LogP contribution in [0, 0.1) is 0 Å². The van der Waals surface area contributed by atoms with Crippen LogP contribution >= 0.6 is 0 Å². The van der Waals surface area contributed by atoms with E-state index in [-0.39, 0.29) is 0 Å². The number of amides is 1. The summed E-state index contributed by atoms with van der Waals surface area (Å²) in [4.78, 5) is 26.3. The molecule has 1 aliphatic rings. The van der Waals surface area contributed by atoms with Crippen molar-refractivity contribution in [3.63, 3.8) is 0 Å². The van der Waals surface area contributed by atoms with Crippen LogP contribution in [-0.4, -0.2) is 95.5 Å². The first-order chi connectivity index (χ1) is 21.9. The minimum absolute atomic E-state index is 0.424. The number of nitrogens with zero attached hydrogens (tertiary/aromatic N) is 4. The number of carbonyl (C=O) groups is 1. The van der Waals surface area contributed by atoms with Crippen LogP contribution in [0.4, 0.5) is 5.82 Å². The lowest BCUT2D eigenvalue weighted by molar-refractivity contribution is -0.118. The van der Waals surface area contributed by atoms with E-state index >= 15 is 0 Å². The highest BCUT2D eigenvalue weighted by Gasteiger charge is 2.45. The van der Waals surface area contributed by atoms with E-state index in [1.807, 2.05) is 18.2 Å². The number of nitrogens with one attached hydrogen (secondary N) is 2. The van der Waals surface area contributed by atoms with Crippen molar-refractivity contribution in [3.8, 4) is 23.0 Å². The van der Waals surface area contributed by atoms with Gasteiger partial charge in [0.1, 0.15) is 36.1 Å². The number of carbonyl (C=O) groups excluding carboxylic acids is 1. The fourth-order valence-electron chi connectivity index (χ4n) is 5.13. The fourth-order valence-corrected chi connectivity index (χ4v) is 5.13. The molecule has 0 radical (unpaired) electrons. The lowest BCUT2D eigenvalue weighted by Crippen LogP contribution is -2.46. The number of hydrogen-bond donors (Lipinski definition) is 4. The molecule has 1 saturated heterocycles. The van der Waals surface area contributed by atoms with E-state index in [4.69, 9.17) is 23.7 Å². The first-order valence-electron chi connectivity index (χ1n) is 14.2. The predicted octanol–water partition coefficient (Wildman–Crippen LogP) is 1.96. The molecule has 45 heavy (non-hydrogen) atoms. The zero-order chi connectivity index (χ0) is 31.9. The third kappa shape index (κ3) is 6.93. The molecule has 0 aliphatic carbocycles. The van der Waals surface area contributed by atoms with Crippen molar-refractivity contribution < 1.29 is 38.7 Å². The lowest BCUT2D eigenvalue weighted by atomic mass is 10.1. The molecule has 14 heteroatoms. The van der Waals surface area contributed by atoms with Crippen LogP contribution in [0.25, 0.3) is 17.2 Å². The number of aromatic nitrogens is 4. The van der Waals surface area contributed by atoms with Crippen LogP contribution in [0.15, 0.2) is 55.1 Å². The number of anilines is 1. The van der Waals surface area contributed by atoms with Crippen molar-refractivity contribution in [2.24, 2.45) is 0 Å². The molecule has 2 aromatic carbocycles. The highest BCUT2D eigenvalue weighted by atomic mass is 16.5. The molecule has 5 rings (SSSR count). The maximum Gasteiger partial charge on any atom is 0.244 e. The molecule has 4 N–H and O–H groups in total. The van der Waals surface area contributed by atoms with Crippen molar-refractivity contribution in [2.75, 3.05) is 46.9 Å². The zero-order valence-corrected chi connectivity index (χ0v) is 25.3. The van der Waals surface area contributed by atoms with E-state index in [1.165, 1.54) is 33.0 Å². The Morgan fingerprint density at radius 3 is 2.44 bits per heavy atom. The van der Waals surface area contributed by atoms with Crippen molar-refractivity contribution in [1.82, 2.24) is 24.8 Å². The zero-order valence-electron chi connectivity index (χ0n) is 25.3. The topological polar surface area (TPSA) is 171 Å². The van der Waals surface area contributed by atoms with Crippen molar-refractivity contribution in [3.05, 3.63) is 66.3 Å². The summed E-state index contributed by atoms with van der Waals surface area (Å²) in [5.41, 5.74) is 2.62. The number of rotatable bonds is 13. The first kappa shape index (κ1) is 31.5. The highest BCUT2D eigenvalue weighted by Crippen LogP contribution is 2.33. The van der Waals surface area contributed by atoms with E-state index in [0.717, 1.165) is 5.56 Å². The van der Waals surface area contributed by atoms with Gasteiger partial charge in [0.05, 0.1) is 41.4 Å². The molecule has 0 unspecified atom stereocenters. The molecular formula is C31H36N6O8. The maximum absolute atomic E-state index is 13.0. The van der Waals surface area contributed by atoms with Crippen LogP contribution in [0.3, 0.4) is 0 Å². The lowest BCUT2D eigenvalue weighted by Gasteiger charge is -2.22. The molecule has 1 aliphatic heterocycles. The molecule has 238 valence electrons. The van der Waals surface area contributed by atoms with Crippen LogP contribution in [0.1, 0.15) is 17.4 Å². The SMILES string of the molecule is COc1cc(/C=C/C(=O)N[C@@H]2[C@H](O)[C@@H](CO)O[C@H]2n2cnc3c(NCCc4ccc(OC)c(OC)c4)ncnc32)cc(OC)c1. The summed E-state index contributed by atoms with van der Waals surface area (Å²) in [6, 6.07) is 10.0. The summed E-state index contributed by atoms with van der Waals surface area (Å²) in [7, 11) is 6.27. The van der Waals surface area contributed by atoms with Crippen LogP contribution in [0.5, 0.6) is 23.0 Å². The quantitative estimate of drug-likeness (QED) is 0.160. The molecule has 4 atom stereocenters. The van der Waals surface area contributed by atoms with E-state index in [0.29, 0.717) is 58.5 Å². The molecular weight excluding hydrogens is 584 g/mol. The molecule has 0 saturated carbocycles. The Morgan fingerprint density at radius 2 is 1.76 bits per heavy atom. The fraction of sp³-hybridized carbons (Fsp3) is 0.355. The molecule has 4 aromatic rings. The van der Waals surface area contributed by atoms with Gasteiger partial charge in [-0.1, -0.05) is 6.07 Å². The van der Waals surface area contributed by atoms with E-state index in [2.05, 4.69) is 25.6 Å². The average Bonchev–Trinajstić information content (AvgIpc) is 3.64. The highest BCUT2D eigenvalue weighted by molar-refractivity contribution is 5.92. The molecule has 1 fully saturated rings. The van der Waals surface area contributed by atoms with Gasteiger partial charge in [0.2, 0.25) is 5.91 Å². The number of methoxy groups -OCH3 is 4. The molecule has 3 heterocycles. The Morgan fingerprint density at radius 1 is 1.00 bits per heavy atom. The summed E-state index contributed by atoms with van der Waals surface area (Å²) < 4.78 is 28.9. The van der Waals surface area contributed by atoms with Gasteiger partial charge in [0, 0.05) is 18.7 Å². The molecule has 0 spiro atoms. The van der Waals surface area contributed by atoms with E-state index in [9.17, 15) is 15.0 Å². The molecule has 1 amide bonds. The number of aliphatic hydroxyl groups is 2. The number of benzene rings is 2. The van der Waals surface area contributed by atoms with Crippen molar-refractivity contribution in [2.45, 2.75) is 30.9 Å². The molecule has 14 nitrogen and oxygen atoms in total. The summed E-state index contributed by atoms with van der Waals surface area (Å²) in [6.07, 6.45) is 3.45. The van der Waals surface area contributed by atoms with E-state index in [1.54, 1.807) is 43.1 Å². The second-order valence-corrected chi connectivity index (χ2v) is 10.2. The minimum Gasteiger partial charge on any atom is -0.497 e. The van der Waals surface area contributed by atoms with Gasteiger partial charge in [-0.3, -0.25) is 9.36 Å². The Labute approximate surface area is 259 Å². The summed E-state index contributed by atoms with van der Waals surface area (Å²) in [5.74, 6) is 2.48. The third-order valence-corrected chi connectivity index (χ3v) is 7.45. The number of hydrogen-bond acceptors (Lipinski definition) is 12. The van der Waals surface area contributed by atoms with Gasteiger partial charge in [-0.25, -0.2) is 15.0 Å². The van der Waals surface area contributed by atoms with E-state index < -0.39 is 37.0 Å². The predicted molar refractivity (Wildman–Crippen MR) is 165 cm³/mol. The average molecular weight is 621 g/mol. The van der Waals surface area contributed by atoms with Gasteiger partial charge in [0.25, 0.3) is 0 Å². The largest absolute Gasteiger partial charge is 0.497 e. The molecule has 2 aromatic heterocycles.